The fourth-order valence-electron chi connectivity index (χ4n) is 2.25. The van der Waals surface area contributed by atoms with Crippen molar-refractivity contribution in [3.8, 4) is 0 Å². The van der Waals surface area contributed by atoms with Crippen molar-refractivity contribution in [2.24, 2.45) is 5.92 Å². The van der Waals surface area contributed by atoms with Gasteiger partial charge in [-0.2, -0.15) is 0 Å². The average molecular weight is 238 g/mol. The monoisotopic (exact) mass is 238 g/mol. The molecular formula is C12H18N2OS. The van der Waals surface area contributed by atoms with Gasteiger partial charge in [0.2, 0.25) is 0 Å². The summed E-state index contributed by atoms with van der Waals surface area (Å²) in [7, 11) is 0. The fraction of sp³-hybridized carbons (Fsp3) is 0.750. The van der Waals surface area contributed by atoms with Crippen molar-refractivity contribution in [2.75, 3.05) is 13.2 Å². The molecule has 0 amide bonds. The van der Waals surface area contributed by atoms with Gasteiger partial charge in [0.25, 0.3) is 0 Å². The maximum Gasteiger partial charge on any atom is 0.122 e. The third kappa shape index (κ3) is 2.01. The van der Waals surface area contributed by atoms with Crippen LogP contribution in [0.5, 0.6) is 0 Å². The molecular weight excluding hydrogens is 220 g/mol. The number of thiazole rings is 1. The Bertz CT molecular complexity index is 350. The zero-order chi connectivity index (χ0) is 11.0. The zero-order valence-corrected chi connectivity index (χ0v) is 10.5. The average Bonchev–Trinajstić information content (AvgIpc) is 3.04. The Labute approximate surface area is 100 Å². The van der Waals surface area contributed by atoms with Crippen LogP contribution < -0.4 is 5.32 Å². The molecule has 3 rings (SSSR count). The predicted octanol–water partition coefficient (Wildman–Crippen LogP) is 2.28. The molecule has 1 unspecified atom stereocenters. The normalized spacial score (nSPS) is 21.8. The van der Waals surface area contributed by atoms with Crippen LogP contribution in [0.1, 0.15) is 41.4 Å². The molecule has 1 saturated carbocycles. The van der Waals surface area contributed by atoms with Gasteiger partial charge in [0.15, 0.2) is 0 Å². The number of hydrogen-bond donors (Lipinski definition) is 1. The van der Waals surface area contributed by atoms with E-state index < -0.39 is 0 Å². The number of rotatable bonds is 4. The standard InChI is InChI=1S/C12H18N2OS/c1-2-15-11(8-3-4-8)12-14-9-5-6-13-7-10(9)16-12/h8,11,13H,2-7H2,1H3. The minimum absolute atomic E-state index is 0.278. The number of nitrogens with zero attached hydrogens (tertiary/aromatic N) is 1. The molecule has 1 N–H and O–H groups in total. The third-order valence-corrected chi connectivity index (χ3v) is 4.42. The summed E-state index contributed by atoms with van der Waals surface area (Å²) in [6.07, 6.45) is 3.98. The molecule has 4 heteroatoms. The van der Waals surface area contributed by atoms with E-state index in [1.54, 1.807) is 0 Å². The molecule has 16 heavy (non-hydrogen) atoms. The Morgan fingerprint density at radius 3 is 3.12 bits per heavy atom. The molecule has 1 aliphatic heterocycles. The number of nitrogens with one attached hydrogen (secondary N) is 1. The lowest BCUT2D eigenvalue weighted by Gasteiger charge is -2.12. The van der Waals surface area contributed by atoms with E-state index in [1.165, 1.54) is 28.4 Å². The van der Waals surface area contributed by atoms with Gasteiger partial charge in [-0.3, -0.25) is 0 Å². The van der Waals surface area contributed by atoms with Gasteiger partial charge in [-0.15, -0.1) is 11.3 Å². The summed E-state index contributed by atoms with van der Waals surface area (Å²) in [6.45, 7) is 4.93. The second kappa shape index (κ2) is 4.43. The minimum Gasteiger partial charge on any atom is -0.371 e. The highest BCUT2D eigenvalue weighted by atomic mass is 32.1. The lowest BCUT2D eigenvalue weighted by molar-refractivity contribution is 0.0461. The Morgan fingerprint density at radius 2 is 2.44 bits per heavy atom. The highest BCUT2D eigenvalue weighted by molar-refractivity contribution is 7.11. The number of hydrogen-bond acceptors (Lipinski definition) is 4. The van der Waals surface area contributed by atoms with Crippen molar-refractivity contribution in [1.82, 2.24) is 10.3 Å². The van der Waals surface area contributed by atoms with Gasteiger partial charge in [-0.25, -0.2) is 4.98 Å². The van der Waals surface area contributed by atoms with Crippen LogP contribution in [0, 0.1) is 5.92 Å². The summed E-state index contributed by atoms with van der Waals surface area (Å²) in [4.78, 5) is 6.21. The van der Waals surface area contributed by atoms with E-state index in [9.17, 15) is 0 Å². The summed E-state index contributed by atoms with van der Waals surface area (Å²) in [6, 6.07) is 0. The van der Waals surface area contributed by atoms with Crippen LogP contribution in [-0.4, -0.2) is 18.1 Å². The number of ether oxygens (including phenoxy) is 1. The van der Waals surface area contributed by atoms with E-state index in [2.05, 4.69) is 12.2 Å². The molecule has 0 saturated heterocycles. The quantitative estimate of drug-likeness (QED) is 0.874. The molecule has 0 bridgehead atoms. The van der Waals surface area contributed by atoms with Crippen molar-refractivity contribution >= 4 is 11.3 Å². The SMILES string of the molecule is CCOC(c1nc2c(s1)CNCC2)C1CC1. The number of aromatic nitrogens is 1. The van der Waals surface area contributed by atoms with E-state index >= 15 is 0 Å². The van der Waals surface area contributed by atoms with Gasteiger partial charge in [0.05, 0.1) is 5.69 Å². The molecule has 1 fully saturated rings. The lowest BCUT2D eigenvalue weighted by Crippen LogP contribution is -2.22. The summed E-state index contributed by atoms with van der Waals surface area (Å²) in [5.41, 5.74) is 1.31. The van der Waals surface area contributed by atoms with Crippen LogP contribution >= 0.6 is 11.3 Å². The van der Waals surface area contributed by atoms with E-state index in [-0.39, 0.29) is 6.10 Å². The summed E-state index contributed by atoms with van der Waals surface area (Å²) < 4.78 is 5.86. The topological polar surface area (TPSA) is 34.1 Å². The van der Waals surface area contributed by atoms with Crippen molar-refractivity contribution in [2.45, 2.75) is 38.8 Å². The lowest BCUT2D eigenvalue weighted by atomic mass is 10.2. The maximum absolute atomic E-state index is 5.86. The first-order valence-corrected chi connectivity index (χ1v) is 7.01. The summed E-state index contributed by atoms with van der Waals surface area (Å²) in [5.74, 6) is 0.737. The molecule has 0 aromatic carbocycles. The van der Waals surface area contributed by atoms with Crippen LogP contribution in [0.25, 0.3) is 0 Å². The molecule has 1 atom stereocenters. The van der Waals surface area contributed by atoms with Crippen LogP contribution in [-0.2, 0) is 17.7 Å². The van der Waals surface area contributed by atoms with E-state index in [0.717, 1.165) is 32.0 Å². The van der Waals surface area contributed by atoms with Crippen LogP contribution in [0.2, 0.25) is 0 Å². The molecule has 88 valence electrons. The highest BCUT2D eigenvalue weighted by Crippen LogP contribution is 2.44. The number of fused-ring (bicyclic) bond motifs is 1. The van der Waals surface area contributed by atoms with Crippen LogP contribution in [0.3, 0.4) is 0 Å². The van der Waals surface area contributed by atoms with Crippen molar-refractivity contribution in [3.05, 3.63) is 15.6 Å². The second-order valence-electron chi connectivity index (χ2n) is 4.56. The zero-order valence-electron chi connectivity index (χ0n) is 9.66. The van der Waals surface area contributed by atoms with Crippen molar-refractivity contribution in [3.63, 3.8) is 0 Å². The van der Waals surface area contributed by atoms with E-state index in [1.807, 2.05) is 11.3 Å². The Morgan fingerprint density at radius 1 is 1.56 bits per heavy atom. The molecule has 2 aliphatic rings. The Balaban J connectivity index is 1.83. The summed E-state index contributed by atoms with van der Waals surface area (Å²) in [5, 5.41) is 4.62. The largest absolute Gasteiger partial charge is 0.371 e. The minimum atomic E-state index is 0.278. The molecule has 3 nitrogen and oxygen atoms in total. The molecule has 0 radical (unpaired) electrons. The van der Waals surface area contributed by atoms with Crippen molar-refractivity contribution < 1.29 is 4.74 Å². The Hall–Kier alpha value is -0.450. The van der Waals surface area contributed by atoms with Gasteiger partial charge in [0.1, 0.15) is 11.1 Å². The summed E-state index contributed by atoms with van der Waals surface area (Å²) >= 11 is 1.85. The van der Waals surface area contributed by atoms with Crippen LogP contribution in [0.15, 0.2) is 0 Å². The van der Waals surface area contributed by atoms with Gasteiger partial charge in [-0.1, -0.05) is 0 Å². The first-order valence-electron chi connectivity index (χ1n) is 6.19. The first kappa shape index (κ1) is 10.7. The molecule has 1 aromatic rings. The molecule has 0 spiro atoms. The fourth-order valence-corrected chi connectivity index (χ4v) is 3.48. The Kier molecular flexibility index (Phi) is 2.96. The predicted molar refractivity (Wildman–Crippen MR) is 64.6 cm³/mol. The second-order valence-corrected chi connectivity index (χ2v) is 5.68. The van der Waals surface area contributed by atoms with Gasteiger partial charge in [-0.05, 0) is 25.7 Å². The van der Waals surface area contributed by atoms with E-state index in [0.29, 0.717) is 0 Å². The van der Waals surface area contributed by atoms with Crippen molar-refractivity contribution in [1.29, 1.82) is 0 Å². The van der Waals surface area contributed by atoms with Gasteiger partial charge < -0.3 is 10.1 Å². The maximum atomic E-state index is 5.86. The molecule has 1 aliphatic carbocycles. The van der Waals surface area contributed by atoms with Gasteiger partial charge in [0, 0.05) is 31.0 Å². The molecule has 2 heterocycles. The highest BCUT2D eigenvalue weighted by Gasteiger charge is 2.35. The van der Waals surface area contributed by atoms with E-state index in [4.69, 9.17) is 9.72 Å². The smallest absolute Gasteiger partial charge is 0.122 e. The molecule has 1 aromatic heterocycles. The van der Waals surface area contributed by atoms with Gasteiger partial charge >= 0.3 is 0 Å². The first-order chi connectivity index (χ1) is 7.88. The van der Waals surface area contributed by atoms with Crippen LogP contribution in [0.4, 0.5) is 0 Å². The third-order valence-electron chi connectivity index (χ3n) is 3.26.